The molecule has 0 unspecified atom stereocenters. The van der Waals surface area contributed by atoms with Gasteiger partial charge in [0.2, 0.25) is 5.88 Å². The highest BCUT2D eigenvalue weighted by molar-refractivity contribution is 5.91. The molecule has 0 atom stereocenters. The maximum absolute atomic E-state index is 13.7. The second-order valence-corrected chi connectivity index (χ2v) is 7.32. The van der Waals surface area contributed by atoms with Crippen molar-refractivity contribution in [2.24, 2.45) is 7.05 Å². The molecule has 9 heteroatoms. The van der Waals surface area contributed by atoms with E-state index in [0.29, 0.717) is 46.1 Å². The minimum Gasteiger partial charge on any atom is -0.481 e. The molecular formula is C23H21N7O2. The molecule has 0 amide bonds. The summed E-state index contributed by atoms with van der Waals surface area (Å²) in [6, 6.07) is 12.9. The van der Waals surface area contributed by atoms with E-state index < -0.39 is 0 Å². The zero-order valence-corrected chi connectivity index (χ0v) is 17.9. The maximum Gasteiger partial charge on any atom is 0.281 e. The van der Waals surface area contributed by atoms with Gasteiger partial charge in [-0.1, -0.05) is 0 Å². The van der Waals surface area contributed by atoms with Crippen LogP contribution in [0.5, 0.6) is 5.88 Å². The van der Waals surface area contributed by atoms with Crippen molar-refractivity contribution in [3.8, 4) is 22.7 Å². The van der Waals surface area contributed by atoms with Gasteiger partial charge >= 0.3 is 0 Å². The van der Waals surface area contributed by atoms with E-state index in [-0.39, 0.29) is 5.56 Å². The topological polar surface area (TPSA) is 99.8 Å². The molecular weight excluding hydrogens is 406 g/mol. The number of rotatable bonds is 5. The Morgan fingerprint density at radius 1 is 1.06 bits per heavy atom. The number of aromatic nitrogens is 6. The first-order valence-electron chi connectivity index (χ1n) is 10.2. The highest BCUT2D eigenvalue weighted by Crippen LogP contribution is 2.26. The number of nitrogens with zero attached hydrogens (tertiary/aromatic N) is 6. The number of hydrogen-bond donors (Lipinski definition) is 1. The van der Waals surface area contributed by atoms with Gasteiger partial charge in [-0.25, -0.2) is 9.97 Å². The predicted molar refractivity (Wildman–Crippen MR) is 123 cm³/mol. The average molecular weight is 427 g/mol. The average Bonchev–Trinajstić information content (AvgIpc) is 3.18. The van der Waals surface area contributed by atoms with Crippen molar-refractivity contribution in [1.29, 1.82) is 0 Å². The van der Waals surface area contributed by atoms with Crippen molar-refractivity contribution in [3.05, 3.63) is 65.2 Å². The number of methoxy groups -OCH3 is 1. The van der Waals surface area contributed by atoms with Gasteiger partial charge in [0.05, 0.1) is 23.9 Å². The highest BCUT2D eigenvalue weighted by atomic mass is 16.5. The Bertz CT molecular complexity index is 1500. The van der Waals surface area contributed by atoms with Gasteiger partial charge in [-0.2, -0.15) is 14.9 Å². The fourth-order valence-corrected chi connectivity index (χ4v) is 3.71. The van der Waals surface area contributed by atoms with Gasteiger partial charge in [0.15, 0.2) is 0 Å². The minimum atomic E-state index is -0.283. The molecule has 0 aliphatic carbocycles. The lowest BCUT2D eigenvalue weighted by Crippen LogP contribution is -2.23. The molecule has 160 valence electrons. The van der Waals surface area contributed by atoms with Crippen LogP contribution in [0, 0.1) is 0 Å². The number of fused-ring (bicyclic) bond motifs is 2. The SMILES string of the molecule is CCNc1ccc2nn(-c3ccc4nn(C)cc4c3)c(=O)c(-c3ccc(OC)nc3)c2n1. The van der Waals surface area contributed by atoms with Crippen LogP contribution in [0.2, 0.25) is 0 Å². The van der Waals surface area contributed by atoms with Crippen LogP contribution in [-0.4, -0.2) is 43.2 Å². The first-order chi connectivity index (χ1) is 15.6. The summed E-state index contributed by atoms with van der Waals surface area (Å²) < 4.78 is 8.32. The molecule has 5 aromatic rings. The molecule has 0 aliphatic heterocycles. The minimum absolute atomic E-state index is 0.283. The van der Waals surface area contributed by atoms with Crippen molar-refractivity contribution < 1.29 is 4.74 Å². The van der Waals surface area contributed by atoms with E-state index >= 15 is 0 Å². The number of pyridine rings is 2. The summed E-state index contributed by atoms with van der Waals surface area (Å²) in [7, 11) is 3.41. The van der Waals surface area contributed by atoms with Crippen molar-refractivity contribution in [2.75, 3.05) is 19.0 Å². The Morgan fingerprint density at radius 2 is 1.91 bits per heavy atom. The first kappa shape index (κ1) is 19.7. The number of anilines is 1. The zero-order valence-electron chi connectivity index (χ0n) is 17.9. The third-order valence-electron chi connectivity index (χ3n) is 5.16. The molecule has 32 heavy (non-hydrogen) atoms. The fraction of sp³-hybridized carbons (Fsp3) is 0.174. The maximum atomic E-state index is 13.7. The first-order valence-corrected chi connectivity index (χ1v) is 10.2. The van der Waals surface area contributed by atoms with Gasteiger partial charge in [0.25, 0.3) is 5.56 Å². The molecule has 0 fully saturated rings. The quantitative estimate of drug-likeness (QED) is 0.460. The van der Waals surface area contributed by atoms with E-state index in [1.54, 1.807) is 30.1 Å². The van der Waals surface area contributed by atoms with Crippen molar-refractivity contribution >= 4 is 27.8 Å². The Labute approximate surface area is 183 Å². The van der Waals surface area contributed by atoms with Gasteiger partial charge in [-0.3, -0.25) is 9.48 Å². The van der Waals surface area contributed by atoms with Crippen LogP contribution in [-0.2, 0) is 7.05 Å². The second-order valence-electron chi connectivity index (χ2n) is 7.32. The molecule has 4 aromatic heterocycles. The number of hydrogen-bond acceptors (Lipinski definition) is 7. The van der Waals surface area contributed by atoms with Gasteiger partial charge in [0, 0.05) is 43.0 Å². The third-order valence-corrected chi connectivity index (χ3v) is 5.16. The molecule has 1 N–H and O–H groups in total. The van der Waals surface area contributed by atoms with Crippen molar-refractivity contribution in [3.63, 3.8) is 0 Å². The Balaban J connectivity index is 1.79. The predicted octanol–water partition coefficient (Wildman–Crippen LogP) is 3.17. The summed E-state index contributed by atoms with van der Waals surface area (Å²) in [6.07, 6.45) is 3.52. The molecule has 0 aliphatic rings. The van der Waals surface area contributed by atoms with E-state index in [1.807, 2.05) is 50.5 Å². The molecule has 5 rings (SSSR count). The van der Waals surface area contributed by atoms with E-state index in [4.69, 9.17) is 4.74 Å². The molecule has 0 saturated carbocycles. The molecule has 0 spiro atoms. The zero-order chi connectivity index (χ0) is 22.2. The summed E-state index contributed by atoms with van der Waals surface area (Å²) in [4.78, 5) is 22.7. The van der Waals surface area contributed by atoms with Crippen LogP contribution in [0.4, 0.5) is 5.82 Å². The molecule has 0 radical (unpaired) electrons. The van der Waals surface area contributed by atoms with Gasteiger partial charge in [-0.05, 0) is 43.3 Å². The van der Waals surface area contributed by atoms with Crippen LogP contribution < -0.4 is 15.6 Å². The van der Waals surface area contributed by atoms with Gasteiger partial charge in [0.1, 0.15) is 16.9 Å². The standard InChI is InChI=1S/C23H21N7O2/c1-4-24-19-9-8-18-22(26-19)21(14-5-10-20(32-3)25-12-14)23(31)30(28-18)16-6-7-17-15(11-16)13-29(2)27-17/h5-13H,4H2,1-3H3,(H,24,26). The van der Waals surface area contributed by atoms with E-state index in [1.165, 1.54) is 4.68 Å². The number of ether oxygens (including phenoxy) is 1. The number of benzene rings is 1. The number of aryl methyl sites for hydroxylation is 1. The Kier molecular flexibility index (Phi) is 4.78. The lowest BCUT2D eigenvalue weighted by Gasteiger charge is -2.12. The lowest BCUT2D eigenvalue weighted by molar-refractivity contribution is 0.398. The molecule has 1 aromatic carbocycles. The van der Waals surface area contributed by atoms with Gasteiger partial charge < -0.3 is 10.1 Å². The molecule has 4 heterocycles. The normalized spacial score (nSPS) is 11.2. The van der Waals surface area contributed by atoms with E-state index in [9.17, 15) is 4.79 Å². The lowest BCUT2D eigenvalue weighted by atomic mass is 10.1. The fourth-order valence-electron chi connectivity index (χ4n) is 3.71. The molecule has 0 saturated heterocycles. The number of nitrogens with one attached hydrogen (secondary N) is 1. The largest absolute Gasteiger partial charge is 0.481 e. The summed E-state index contributed by atoms with van der Waals surface area (Å²) in [5, 5.41) is 13.1. The van der Waals surface area contributed by atoms with E-state index in [2.05, 4.69) is 25.5 Å². The molecule has 9 nitrogen and oxygen atoms in total. The monoisotopic (exact) mass is 427 g/mol. The van der Waals surface area contributed by atoms with Crippen LogP contribution in [0.1, 0.15) is 6.92 Å². The van der Waals surface area contributed by atoms with Crippen LogP contribution in [0.25, 0.3) is 38.8 Å². The van der Waals surface area contributed by atoms with Crippen molar-refractivity contribution in [1.82, 2.24) is 29.5 Å². The highest BCUT2D eigenvalue weighted by Gasteiger charge is 2.17. The smallest absolute Gasteiger partial charge is 0.281 e. The third kappa shape index (κ3) is 3.33. The van der Waals surface area contributed by atoms with Gasteiger partial charge in [-0.15, -0.1) is 0 Å². The summed E-state index contributed by atoms with van der Waals surface area (Å²) in [5.41, 5.74) is 3.39. The van der Waals surface area contributed by atoms with Crippen LogP contribution in [0.3, 0.4) is 0 Å². The molecule has 0 bridgehead atoms. The second kappa shape index (κ2) is 7.77. The van der Waals surface area contributed by atoms with Crippen molar-refractivity contribution in [2.45, 2.75) is 6.92 Å². The Morgan fingerprint density at radius 3 is 2.66 bits per heavy atom. The summed E-state index contributed by atoms with van der Waals surface area (Å²) in [5.74, 6) is 1.15. The van der Waals surface area contributed by atoms with Crippen LogP contribution >= 0.6 is 0 Å². The van der Waals surface area contributed by atoms with E-state index in [0.717, 1.165) is 10.9 Å². The summed E-state index contributed by atoms with van der Waals surface area (Å²) >= 11 is 0. The Hall–Kier alpha value is -4.27. The summed E-state index contributed by atoms with van der Waals surface area (Å²) in [6.45, 7) is 2.71. The van der Waals surface area contributed by atoms with Crippen LogP contribution in [0.15, 0.2) is 59.7 Å².